The first-order chi connectivity index (χ1) is 8.12. The Morgan fingerprint density at radius 2 is 1.94 bits per heavy atom. The molecule has 1 rings (SSSR count). The molecule has 0 saturated heterocycles. The second-order valence-electron chi connectivity index (χ2n) is 6.64. The van der Waals surface area contributed by atoms with Crippen molar-refractivity contribution in [2.45, 2.75) is 46.1 Å². The lowest BCUT2D eigenvalue weighted by Crippen LogP contribution is -2.50. The molecule has 0 bridgehead atoms. The highest BCUT2D eigenvalue weighted by atomic mass is 32.1. The van der Waals surface area contributed by atoms with Crippen LogP contribution in [0.1, 0.15) is 40.0 Å². The molecule has 0 amide bonds. The maximum Gasteiger partial charge on any atom is 0.163 e. The van der Waals surface area contributed by atoms with Gasteiger partial charge in [0.15, 0.2) is 5.11 Å². The first kappa shape index (κ1) is 15.1. The van der Waals surface area contributed by atoms with Crippen LogP contribution in [-0.2, 0) is 0 Å². The van der Waals surface area contributed by atoms with Gasteiger partial charge in [0.1, 0.15) is 0 Å². The van der Waals surface area contributed by atoms with Gasteiger partial charge in [-0.05, 0) is 42.3 Å². The van der Waals surface area contributed by atoms with Crippen LogP contribution in [0.5, 0.6) is 0 Å². The summed E-state index contributed by atoms with van der Waals surface area (Å²) < 4.78 is 0. The quantitative estimate of drug-likeness (QED) is 0.581. The van der Waals surface area contributed by atoms with E-state index in [9.17, 15) is 0 Å². The second-order valence-corrected chi connectivity index (χ2v) is 7.08. The van der Waals surface area contributed by atoms with Crippen LogP contribution in [0.4, 0.5) is 0 Å². The van der Waals surface area contributed by atoms with Crippen molar-refractivity contribution in [1.29, 1.82) is 0 Å². The largest absolute Gasteiger partial charge is 0.386 e. The Labute approximate surface area is 116 Å². The van der Waals surface area contributed by atoms with Crippen molar-refractivity contribution in [2.75, 3.05) is 6.54 Å². The van der Waals surface area contributed by atoms with Gasteiger partial charge >= 0.3 is 0 Å². The molecule has 0 spiro atoms. The van der Waals surface area contributed by atoms with Crippen molar-refractivity contribution in [1.82, 2.24) is 10.6 Å². The van der Waals surface area contributed by atoms with E-state index in [1.165, 1.54) is 0 Å². The van der Waals surface area contributed by atoms with E-state index < -0.39 is 0 Å². The maximum absolute atomic E-state index is 5.66. The molecule has 1 aliphatic rings. The van der Waals surface area contributed by atoms with Crippen molar-refractivity contribution in [3.05, 3.63) is 12.4 Å². The molecule has 4 nitrogen and oxygen atoms in total. The van der Waals surface area contributed by atoms with Crippen LogP contribution in [0, 0.1) is 10.8 Å². The highest BCUT2D eigenvalue weighted by Crippen LogP contribution is 2.45. The van der Waals surface area contributed by atoms with E-state index in [2.05, 4.69) is 38.0 Å². The van der Waals surface area contributed by atoms with Gasteiger partial charge in [0, 0.05) is 12.6 Å². The van der Waals surface area contributed by atoms with Gasteiger partial charge in [0.05, 0.1) is 5.82 Å². The smallest absolute Gasteiger partial charge is 0.163 e. The number of hydrogen-bond acceptors (Lipinski definition) is 3. The number of nitrogens with one attached hydrogen (secondary N) is 2. The van der Waals surface area contributed by atoms with E-state index >= 15 is 0 Å². The van der Waals surface area contributed by atoms with Gasteiger partial charge in [-0.2, -0.15) is 0 Å². The van der Waals surface area contributed by atoms with Crippen LogP contribution in [0.3, 0.4) is 0 Å². The van der Waals surface area contributed by atoms with E-state index in [4.69, 9.17) is 23.7 Å². The topological polar surface area (TPSA) is 76.1 Å². The zero-order valence-corrected chi connectivity index (χ0v) is 12.5. The van der Waals surface area contributed by atoms with Gasteiger partial charge in [-0.15, -0.1) is 0 Å². The Morgan fingerprint density at radius 1 is 1.33 bits per heavy atom. The van der Waals surface area contributed by atoms with Crippen molar-refractivity contribution >= 4 is 17.3 Å². The molecule has 0 aromatic heterocycles. The molecule has 104 valence electrons. The fraction of sp³-hybridized carbons (Fsp3) is 0.769. The number of rotatable bonds is 4. The van der Waals surface area contributed by atoms with Crippen molar-refractivity contribution < 1.29 is 0 Å². The van der Waals surface area contributed by atoms with E-state index in [1.54, 1.807) is 0 Å². The molecular weight excluding hydrogens is 244 g/mol. The summed E-state index contributed by atoms with van der Waals surface area (Å²) in [7, 11) is 0. The fourth-order valence-electron chi connectivity index (χ4n) is 3.43. The minimum Gasteiger partial charge on any atom is -0.386 e. The molecule has 1 aliphatic carbocycles. The highest BCUT2D eigenvalue weighted by Gasteiger charge is 2.41. The second kappa shape index (κ2) is 5.34. The van der Waals surface area contributed by atoms with Crippen LogP contribution in [0.2, 0.25) is 0 Å². The molecule has 1 saturated carbocycles. The lowest BCUT2D eigenvalue weighted by atomic mass is 9.62. The molecule has 2 atom stereocenters. The number of thiocarbonyl (C=S) groups is 1. The highest BCUT2D eigenvalue weighted by molar-refractivity contribution is 7.80. The summed E-state index contributed by atoms with van der Waals surface area (Å²) in [5.74, 6) is 0.544. The Hall–Kier alpha value is -0.970. The summed E-state index contributed by atoms with van der Waals surface area (Å²) in [4.78, 5) is 0. The van der Waals surface area contributed by atoms with E-state index in [0.717, 1.165) is 25.8 Å². The molecule has 0 aliphatic heterocycles. The standard InChI is InChI=1S/C13H26N4S/c1-9(14)17-10-5-12(2,3)7-13(4,6-10)8-16-11(15)18/h10,17H,1,5-8,14H2,2-4H3,(H3,15,16,18). The molecule has 0 aromatic rings. The summed E-state index contributed by atoms with van der Waals surface area (Å²) in [6, 6.07) is 0.365. The third-order valence-electron chi connectivity index (χ3n) is 3.52. The van der Waals surface area contributed by atoms with Crippen LogP contribution in [0.15, 0.2) is 12.4 Å². The zero-order chi connectivity index (χ0) is 14.0. The molecular formula is C13H26N4S. The molecule has 18 heavy (non-hydrogen) atoms. The predicted octanol–water partition coefficient (Wildman–Crippen LogP) is 1.42. The zero-order valence-electron chi connectivity index (χ0n) is 11.7. The molecule has 0 aromatic carbocycles. The number of hydrogen-bond donors (Lipinski definition) is 4. The van der Waals surface area contributed by atoms with Crippen molar-refractivity contribution in [3.8, 4) is 0 Å². The lowest BCUT2D eigenvalue weighted by Gasteiger charge is -2.47. The minimum atomic E-state index is 0.165. The Balaban J connectivity index is 2.72. The van der Waals surface area contributed by atoms with E-state index in [-0.39, 0.29) is 10.8 Å². The van der Waals surface area contributed by atoms with Crippen molar-refractivity contribution in [2.24, 2.45) is 22.3 Å². The molecule has 6 N–H and O–H groups in total. The van der Waals surface area contributed by atoms with Gasteiger partial charge < -0.3 is 22.1 Å². The van der Waals surface area contributed by atoms with E-state index in [1.807, 2.05) is 0 Å². The Kier molecular flexibility index (Phi) is 4.48. The van der Waals surface area contributed by atoms with Gasteiger partial charge in [0.2, 0.25) is 0 Å². The lowest BCUT2D eigenvalue weighted by molar-refractivity contribution is 0.0773. The minimum absolute atomic E-state index is 0.165. The van der Waals surface area contributed by atoms with Crippen LogP contribution in [-0.4, -0.2) is 17.7 Å². The maximum atomic E-state index is 5.66. The average molecular weight is 270 g/mol. The van der Waals surface area contributed by atoms with Crippen LogP contribution >= 0.6 is 12.2 Å². The summed E-state index contributed by atoms with van der Waals surface area (Å²) >= 11 is 4.89. The normalized spacial score (nSPS) is 30.5. The third-order valence-corrected chi connectivity index (χ3v) is 3.67. The van der Waals surface area contributed by atoms with Crippen LogP contribution in [0.25, 0.3) is 0 Å². The first-order valence-electron chi connectivity index (χ1n) is 6.36. The molecule has 5 heteroatoms. The van der Waals surface area contributed by atoms with Gasteiger partial charge in [0.25, 0.3) is 0 Å². The Morgan fingerprint density at radius 3 is 2.44 bits per heavy atom. The summed E-state index contributed by atoms with van der Waals surface area (Å²) in [5.41, 5.74) is 11.6. The molecule has 1 fully saturated rings. The molecule has 2 unspecified atom stereocenters. The summed E-state index contributed by atoms with van der Waals surface area (Å²) in [5, 5.41) is 6.73. The predicted molar refractivity (Wildman–Crippen MR) is 80.8 cm³/mol. The Bertz CT molecular complexity index is 340. The third kappa shape index (κ3) is 4.72. The molecule has 0 heterocycles. The summed E-state index contributed by atoms with van der Waals surface area (Å²) in [6.07, 6.45) is 3.29. The van der Waals surface area contributed by atoms with E-state index in [0.29, 0.717) is 17.0 Å². The SMILES string of the molecule is C=C(N)NC1CC(C)(C)CC(C)(CNC(N)=S)C1. The monoisotopic (exact) mass is 270 g/mol. The molecule has 0 radical (unpaired) electrons. The van der Waals surface area contributed by atoms with Crippen molar-refractivity contribution in [3.63, 3.8) is 0 Å². The first-order valence-corrected chi connectivity index (χ1v) is 6.77. The fourth-order valence-corrected chi connectivity index (χ4v) is 3.51. The van der Waals surface area contributed by atoms with Gasteiger partial charge in [-0.3, -0.25) is 0 Å². The van der Waals surface area contributed by atoms with Crippen LogP contribution < -0.4 is 22.1 Å². The van der Waals surface area contributed by atoms with Gasteiger partial charge in [-0.1, -0.05) is 27.4 Å². The number of nitrogens with two attached hydrogens (primary N) is 2. The van der Waals surface area contributed by atoms with Gasteiger partial charge in [-0.25, -0.2) is 0 Å². The summed E-state index contributed by atoms with van der Waals surface area (Å²) in [6.45, 7) is 11.4. The average Bonchev–Trinajstić information content (AvgIpc) is 2.10.